The average molecular weight is 290 g/mol. The molecule has 2 rings (SSSR count). The summed E-state index contributed by atoms with van der Waals surface area (Å²) in [4.78, 5) is 25.2. The van der Waals surface area contributed by atoms with Gasteiger partial charge < -0.3 is 14.6 Å². The van der Waals surface area contributed by atoms with Gasteiger partial charge in [0.2, 0.25) is 17.5 Å². The maximum atomic E-state index is 10.9. The van der Waals surface area contributed by atoms with Gasteiger partial charge in [0.05, 0.1) is 17.6 Å². The number of aromatic carboxylic acids is 1. The molecule has 0 amide bonds. The smallest absolute Gasteiger partial charge is 0.335 e. The first-order chi connectivity index (χ1) is 10.0. The Bertz CT molecular complexity index is 701. The van der Waals surface area contributed by atoms with E-state index in [1.807, 2.05) is 0 Å². The number of nitrogens with zero attached hydrogens (tertiary/aromatic N) is 2. The van der Waals surface area contributed by atoms with Gasteiger partial charge in [-0.05, 0) is 6.07 Å². The van der Waals surface area contributed by atoms with Crippen molar-refractivity contribution in [3.8, 4) is 17.5 Å². The predicted molar refractivity (Wildman–Crippen MR) is 70.9 cm³/mol. The number of carboxylic acid groups (broad SMARTS) is 1. The molecule has 0 fully saturated rings. The van der Waals surface area contributed by atoms with E-state index >= 15 is 0 Å². The van der Waals surface area contributed by atoms with E-state index in [-0.39, 0.29) is 28.8 Å². The van der Waals surface area contributed by atoms with Gasteiger partial charge >= 0.3 is 11.7 Å². The highest BCUT2D eigenvalue weighted by Gasteiger charge is 2.19. The van der Waals surface area contributed by atoms with Crippen LogP contribution in [0, 0.1) is 10.1 Å². The first-order valence-corrected chi connectivity index (χ1v) is 5.72. The molecule has 1 N–H and O–H groups in total. The number of rotatable bonds is 5. The van der Waals surface area contributed by atoms with Gasteiger partial charge in [-0.25, -0.2) is 4.79 Å². The Kier molecular flexibility index (Phi) is 3.98. The first-order valence-electron chi connectivity index (χ1n) is 5.72. The van der Waals surface area contributed by atoms with Gasteiger partial charge in [-0.2, -0.15) is 4.98 Å². The molecule has 8 nitrogen and oxygen atoms in total. The molecule has 0 bridgehead atoms. The number of methoxy groups -OCH3 is 1. The lowest BCUT2D eigenvalue weighted by atomic mass is 10.2. The maximum Gasteiger partial charge on any atom is 0.335 e. The standard InChI is InChI=1S/C13H10N2O6/c1-20-11-3-2-4-12(14-11)21-10-7-8(13(16)17)5-6-9(10)15(18)19/h2-7H,1H3,(H,16,17). The summed E-state index contributed by atoms with van der Waals surface area (Å²) in [6.07, 6.45) is 0. The van der Waals surface area contributed by atoms with Crippen molar-refractivity contribution >= 4 is 11.7 Å². The second-order valence-corrected chi connectivity index (χ2v) is 3.87. The number of benzene rings is 1. The van der Waals surface area contributed by atoms with E-state index in [4.69, 9.17) is 14.6 Å². The Labute approximate surface area is 118 Å². The molecule has 0 saturated heterocycles. The number of ether oxygens (including phenoxy) is 2. The summed E-state index contributed by atoms with van der Waals surface area (Å²) in [5, 5.41) is 19.9. The zero-order valence-corrected chi connectivity index (χ0v) is 10.8. The summed E-state index contributed by atoms with van der Waals surface area (Å²) >= 11 is 0. The fourth-order valence-electron chi connectivity index (χ4n) is 1.56. The van der Waals surface area contributed by atoms with Gasteiger partial charge in [-0.15, -0.1) is 0 Å². The zero-order valence-electron chi connectivity index (χ0n) is 10.8. The molecular weight excluding hydrogens is 280 g/mol. The molecule has 0 radical (unpaired) electrons. The van der Waals surface area contributed by atoms with Crippen molar-refractivity contribution in [2.45, 2.75) is 0 Å². The summed E-state index contributed by atoms with van der Waals surface area (Å²) in [5.41, 5.74) is -0.483. The quantitative estimate of drug-likeness (QED) is 0.664. The van der Waals surface area contributed by atoms with Crippen LogP contribution >= 0.6 is 0 Å². The Balaban J connectivity index is 2.42. The topological polar surface area (TPSA) is 112 Å². The summed E-state index contributed by atoms with van der Waals surface area (Å²) in [7, 11) is 1.42. The van der Waals surface area contributed by atoms with Gasteiger partial charge in [0.15, 0.2) is 0 Å². The van der Waals surface area contributed by atoms with Crippen LogP contribution in [0.4, 0.5) is 5.69 Å². The van der Waals surface area contributed by atoms with Crippen molar-refractivity contribution in [1.82, 2.24) is 4.98 Å². The molecule has 0 unspecified atom stereocenters. The summed E-state index contributed by atoms with van der Waals surface area (Å²) in [6, 6.07) is 7.91. The fraction of sp³-hybridized carbons (Fsp3) is 0.0769. The molecule has 0 atom stereocenters. The van der Waals surface area contributed by atoms with Crippen LogP contribution in [0.15, 0.2) is 36.4 Å². The summed E-state index contributed by atoms with van der Waals surface area (Å²) in [5.74, 6) is -1.10. The van der Waals surface area contributed by atoms with Crippen LogP contribution in [0.5, 0.6) is 17.5 Å². The number of nitro benzene ring substituents is 1. The Morgan fingerprint density at radius 1 is 1.29 bits per heavy atom. The van der Waals surface area contributed by atoms with Crippen LogP contribution in [0.25, 0.3) is 0 Å². The minimum absolute atomic E-state index is 0.0555. The molecule has 1 aromatic carbocycles. The molecule has 8 heteroatoms. The molecule has 1 heterocycles. The van der Waals surface area contributed by atoms with Gasteiger partial charge in [0.25, 0.3) is 0 Å². The van der Waals surface area contributed by atoms with Crippen LogP contribution in [0.2, 0.25) is 0 Å². The lowest BCUT2D eigenvalue weighted by molar-refractivity contribution is -0.385. The minimum atomic E-state index is -1.21. The first kappa shape index (κ1) is 14.3. The van der Waals surface area contributed by atoms with E-state index in [9.17, 15) is 14.9 Å². The number of hydrogen-bond acceptors (Lipinski definition) is 6. The van der Waals surface area contributed by atoms with Crippen LogP contribution in [-0.2, 0) is 0 Å². The number of carbonyl (C=O) groups is 1. The van der Waals surface area contributed by atoms with Crippen LogP contribution in [-0.4, -0.2) is 28.1 Å². The van der Waals surface area contributed by atoms with E-state index in [1.165, 1.54) is 13.2 Å². The SMILES string of the molecule is COc1cccc(Oc2cc(C(=O)O)ccc2[N+](=O)[O-])n1. The number of carboxylic acids is 1. The minimum Gasteiger partial charge on any atom is -0.481 e. The number of hydrogen-bond donors (Lipinski definition) is 1. The van der Waals surface area contributed by atoms with Crippen molar-refractivity contribution in [1.29, 1.82) is 0 Å². The normalized spacial score (nSPS) is 9.95. The molecule has 0 spiro atoms. The highest BCUT2D eigenvalue weighted by Crippen LogP contribution is 2.32. The third kappa shape index (κ3) is 3.24. The number of aromatic nitrogens is 1. The molecule has 0 saturated carbocycles. The van der Waals surface area contributed by atoms with Crippen LogP contribution < -0.4 is 9.47 Å². The van der Waals surface area contributed by atoms with Gasteiger partial charge in [-0.1, -0.05) is 6.07 Å². The molecule has 1 aromatic heterocycles. The van der Waals surface area contributed by atoms with Crippen LogP contribution in [0.1, 0.15) is 10.4 Å². The summed E-state index contributed by atoms with van der Waals surface area (Å²) < 4.78 is 10.2. The van der Waals surface area contributed by atoms with E-state index in [2.05, 4.69) is 4.98 Å². The van der Waals surface area contributed by atoms with Crippen molar-refractivity contribution in [2.24, 2.45) is 0 Å². The van der Waals surface area contributed by atoms with Crippen LogP contribution in [0.3, 0.4) is 0 Å². The van der Waals surface area contributed by atoms with Crippen molar-refractivity contribution < 1.29 is 24.3 Å². The molecule has 21 heavy (non-hydrogen) atoms. The zero-order chi connectivity index (χ0) is 15.4. The molecule has 2 aromatic rings. The molecule has 0 aliphatic rings. The van der Waals surface area contributed by atoms with Gasteiger partial charge in [-0.3, -0.25) is 10.1 Å². The number of nitro groups is 1. The molecule has 0 aliphatic heterocycles. The fourth-order valence-corrected chi connectivity index (χ4v) is 1.56. The largest absolute Gasteiger partial charge is 0.481 e. The second-order valence-electron chi connectivity index (χ2n) is 3.87. The lowest BCUT2D eigenvalue weighted by Crippen LogP contribution is -2.00. The van der Waals surface area contributed by atoms with Crippen molar-refractivity contribution in [3.05, 3.63) is 52.1 Å². The van der Waals surface area contributed by atoms with E-state index < -0.39 is 10.9 Å². The third-order valence-electron chi connectivity index (χ3n) is 2.53. The molecule has 0 aliphatic carbocycles. The second kappa shape index (κ2) is 5.87. The Morgan fingerprint density at radius 2 is 2.00 bits per heavy atom. The number of pyridine rings is 1. The van der Waals surface area contributed by atoms with Crippen molar-refractivity contribution in [3.63, 3.8) is 0 Å². The lowest BCUT2D eigenvalue weighted by Gasteiger charge is -2.07. The Hall–Kier alpha value is -3.16. The van der Waals surface area contributed by atoms with E-state index in [0.29, 0.717) is 0 Å². The molecule has 108 valence electrons. The van der Waals surface area contributed by atoms with E-state index in [1.54, 1.807) is 12.1 Å². The highest BCUT2D eigenvalue weighted by atomic mass is 16.6. The van der Waals surface area contributed by atoms with E-state index in [0.717, 1.165) is 18.2 Å². The highest BCUT2D eigenvalue weighted by molar-refractivity contribution is 5.88. The predicted octanol–water partition coefficient (Wildman–Crippen LogP) is 2.49. The maximum absolute atomic E-state index is 10.9. The van der Waals surface area contributed by atoms with Crippen molar-refractivity contribution in [2.75, 3.05) is 7.11 Å². The Morgan fingerprint density at radius 3 is 2.62 bits per heavy atom. The monoisotopic (exact) mass is 290 g/mol. The van der Waals surface area contributed by atoms with Gasteiger partial charge in [0.1, 0.15) is 0 Å². The molecular formula is C13H10N2O6. The third-order valence-corrected chi connectivity index (χ3v) is 2.53. The summed E-state index contributed by atoms with van der Waals surface area (Å²) in [6.45, 7) is 0. The van der Waals surface area contributed by atoms with Gasteiger partial charge in [0, 0.05) is 24.3 Å². The average Bonchev–Trinajstić information content (AvgIpc) is 2.47.